The van der Waals surface area contributed by atoms with Crippen LogP contribution in [0.3, 0.4) is 0 Å². The second-order valence-corrected chi connectivity index (χ2v) is 8.90. The third-order valence-electron chi connectivity index (χ3n) is 5.10. The summed E-state index contributed by atoms with van der Waals surface area (Å²) in [4.78, 5) is 24.9. The van der Waals surface area contributed by atoms with E-state index in [0.29, 0.717) is 19.3 Å². The van der Waals surface area contributed by atoms with E-state index < -0.39 is 17.8 Å². The Kier molecular flexibility index (Phi) is 7.50. The van der Waals surface area contributed by atoms with Crippen LogP contribution in [0.1, 0.15) is 44.7 Å². The van der Waals surface area contributed by atoms with Crippen LogP contribution in [0.2, 0.25) is 0 Å². The number of benzene rings is 2. The Hall–Kier alpha value is -3.08. The Morgan fingerprint density at radius 2 is 1.77 bits per heavy atom. The van der Waals surface area contributed by atoms with Gasteiger partial charge in [-0.2, -0.15) is 0 Å². The lowest BCUT2D eigenvalue weighted by molar-refractivity contribution is -0.145. The number of nitrogens with one attached hydrogen (secondary N) is 1. The lowest BCUT2D eigenvalue weighted by atomic mass is 9.94. The number of allylic oxidation sites excluding steroid dienone is 1. The Morgan fingerprint density at radius 1 is 1.13 bits per heavy atom. The van der Waals surface area contributed by atoms with E-state index in [0.717, 1.165) is 11.1 Å². The molecule has 3 rings (SSSR count). The lowest BCUT2D eigenvalue weighted by Gasteiger charge is -2.26. The van der Waals surface area contributed by atoms with Crippen LogP contribution in [0.25, 0.3) is 6.08 Å². The molecule has 164 valence electrons. The first-order chi connectivity index (χ1) is 14.8. The van der Waals surface area contributed by atoms with Crippen LogP contribution in [0.5, 0.6) is 0 Å². The van der Waals surface area contributed by atoms with Crippen LogP contribution >= 0.6 is 0 Å². The van der Waals surface area contributed by atoms with Gasteiger partial charge in [-0.15, -0.1) is 0 Å². The highest BCUT2D eigenvalue weighted by molar-refractivity contribution is 5.75. The van der Waals surface area contributed by atoms with Gasteiger partial charge in [0.1, 0.15) is 11.7 Å². The maximum atomic E-state index is 12.5. The molecular formula is C26H31NO4. The van der Waals surface area contributed by atoms with Crippen LogP contribution in [-0.2, 0) is 20.7 Å². The summed E-state index contributed by atoms with van der Waals surface area (Å²) in [5.74, 6) is -0.435. The van der Waals surface area contributed by atoms with Crippen LogP contribution in [0, 0.1) is 5.92 Å². The first-order valence-corrected chi connectivity index (χ1v) is 10.8. The van der Waals surface area contributed by atoms with E-state index in [-0.39, 0.29) is 17.9 Å². The highest BCUT2D eigenvalue weighted by Crippen LogP contribution is 2.28. The Morgan fingerprint density at radius 3 is 2.42 bits per heavy atom. The first kappa shape index (κ1) is 22.6. The molecule has 1 N–H and O–H groups in total. The number of carbonyl (C=O) groups excluding carboxylic acids is 2. The number of esters is 1. The number of hydrogen-bond acceptors (Lipinski definition) is 4. The molecule has 2 aromatic carbocycles. The van der Waals surface area contributed by atoms with Crippen molar-refractivity contribution >= 4 is 18.1 Å². The number of carbonyl (C=O) groups is 2. The van der Waals surface area contributed by atoms with Gasteiger partial charge in [0.25, 0.3) is 0 Å². The zero-order valence-electron chi connectivity index (χ0n) is 18.4. The third-order valence-corrected chi connectivity index (χ3v) is 5.10. The van der Waals surface area contributed by atoms with Crippen molar-refractivity contribution in [1.82, 2.24) is 5.32 Å². The summed E-state index contributed by atoms with van der Waals surface area (Å²) in [6, 6.07) is 19.5. The van der Waals surface area contributed by atoms with E-state index >= 15 is 0 Å². The highest BCUT2D eigenvalue weighted by atomic mass is 16.6. The highest BCUT2D eigenvalue weighted by Gasteiger charge is 2.39. The molecule has 0 bridgehead atoms. The first-order valence-electron chi connectivity index (χ1n) is 10.8. The second kappa shape index (κ2) is 10.3. The molecular weight excluding hydrogens is 390 g/mol. The summed E-state index contributed by atoms with van der Waals surface area (Å²) in [6.45, 7) is 5.47. The van der Waals surface area contributed by atoms with Crippen molar-refractivity contribution in [3.63, 3.8) is 0 Å². The molecule has 0 aliphatic carbocycles. The molecule has 0 saturated carbocycles. The topological polar surface area (TPSA) is 64.6 Å². The molecule has 3 unspecified atom stereocenters. The molecule has 31 heavy (non-hydrogen) atoms. The van der Waals surface area contributed by atoms with Crippen LogP contribution in [0.4, 0.5) is 4.79 Å². The number of alkyl carbamates (subject to hydrolysis) is 1. The summed E-state index contributed by atoms with van der Waals surface area (Å²) >= 11 is 0. The average Bonchev–Trinajstić information content (AvgIpc) is 3.08. The molecule has 0 radical (unpaired) electrons. The quantitative estimate of drug-likeness (QED) is 0.628. The SMILES string of the molecule is CC(C)(C)OC(=O)NC(Cc1ccccc1)C1CC(CC=Cc2ccccc2)C(=O)O1. The monoisotopic (exact) mass is 421 g/mol. The lowest BCUT2D eigenvalue weighted by Crippen LogP contribution is -2.46. The van der Waals surface area contributed by atoms with Gasteiger partial charge in [0, 0.05) is 0 Å². The van der Waals surface area contributed by atoms with Gasteiger partial charge in [-0.1, -0.05) is 72.8 Å². The standard InChI is InChI=1S/C26H31NO4/c1-26(2,3)31-25(29)27-22(17-20-13-8-5-9-14-20)23-18-21(24(28)30-23)16-10-15-19-11-6-4-7-12-19/h4-15,21-23H,16-18H2,1-3H3,(H,27,29). The van der Waals surface area contributed by atoms with Crippen LogP contribution in [-0.4, -0.2) is 29.8 Å². The fourth-order valence-electron chi connectivity index (χ4n) is 3.64. The summed E-state index contributed by atoms with van der Waals surface area (Å²) in [7, 11) is 0. The molecule has 1 aliphatic rings. The zero-order chi connectivity index (χ0) is 22.3. The molecule has 0 aromatic heterocycles. The van der Waals surface area contributed by atoms with Crippen molar-refractivity contribution in [3.8, 4) is 0 Å². The zero-order valence-corrected chi connectivity index (χ0v) is 18.4. The second-order valence-electron chi connectivity index (χ2n) is 8.90. The smallest absolute Gasteiger partial charge is 0.408 e. The van der Waals surface area contributed by atoms with Gasteiger partial charge >= 0.3 is 12.1 Å². The van der Waals surface area contributed by atoms with Gasteiger partial charge < -0.3 is 14.8 Å². The Balaban J connectivity index is 1.65. The maximum Gasteiger partial charge on any atom is 0.408 e. The average molecular weight is 422 g/mol. The fourth-order valence-corrected chi connectivity index (χ4v) is 3.64. The Labute approximate surface area is 184 Å². The molecule has 1 saturated heterocycles. The molecule has 5 heteroatoms. The number of ether oxygens (including phenoxy) is 2. The minimum absolute atomic E-state index is 0.216. The summed E-state index contributed by atoms with van der Waals surface area (Å²) < 4.78 is 11.1. The van der Waals surface area contributed by atoms with E-state index in [2.05, 4.69) is 5.32 Å². The third kappa shape index (κ3) is 7.28. The van der Waals surface area contributed by atoms with Crippen molar-refractivity contribution < 1.29 is 19.1 Å². The maximum absolute atomic E-state index is 12.5. The van der Waals surface area contributed by atoms with Crippen LogP contribution in [0.15, 0.2) is 66.7 Å². The number of amides is 1. The molecule has 1 heterocycles. The molecule has 2 aromatic rings. The van der Waals surface area contributed by atoms with E-state index in [9.17, 15) is 9.59 Å². The summed E-state index contributed by atoms with van der Waals surface area (Å²) in [6.07, 6.45) is 4.86. The van der Waals surface area contributed by atoms with Crippen molar-refractivity contribution in [1.29, 1.82) is 0 Å². The van der Waals surface area contributed by atoms with E-state index in [4.69, 9.17) is 9.47 Å². The number of hydrogen-bond donors (Lipinski definition) is 1. The molecule has 1 fully saturated rings. The van der Waals surface area contributed by atoms with Crippen molar-refractivity contribution in [2.24, 2.45) is 5.92 Å². The van der Waals surface area contributed by atoms with Crippen molar-refractivity contribution in [3.05, 3.63) is 77.9 Å². The predicted octanol–water partition coefficient (Wildman–Crippen LogP) is 5.16. The van der Waals surface area contributed by atoms with Crippen molar-refractivity contribution in [2.75, 3.05) is 0 Å². The van der Waals surface area contributed by atoms with Gasteiger partial charge in [0.2, 0.25) is 0 Å². The van der Waals surface area contributed by atoms with Gasteiger partial charge in [-0.3, -0.25) is 4.79 Å². The molecule has 5 nitrogen and oxygen atoms in total. The van der Waals surface area contributed by atoms with Gasteiger partial charge in [-0.25, -0.2) is 4.79 Å². The number of cyclic esters (lactones) is 1. The fraction of sp³-hybridized carbons (Fsp3) is 0.385. The summed E-state index contributed by atoms with van der Waals surface area (Å²) in [5.41, 5.74) is 1.56. The van der Waals surface area contributed by atoms with Crippen LogP contribution < -0.4 is 5.32 Å². The number of rotatable bonds is 7. The van der Waals surface area contributed by atoms with E-state index in [1.165, 1.54) is 0 Å². The van der Waals surface area contributed by atoms with Gasteiger partial charge in [0.15, 0.2) is 0 Å². The normalized spacial score (nSPS) is 19.8. The van der Waals surface area contributed by atoms with Gasteiger partial charge in [0.05, 0.1) is 12.0 Å². The van der Waals surface area contributed by atoms with Crippen molar-refractivity contribution in [2.45, 2.75) is 57.8 Å². The summed E-state index contributed by atoms with van der Waals surface area (Å²) in [5, 5.41) is 2.93. The Bertz CT molecular complexity index is 887. The minimum atomic E-state index is -0.599. The largest absolute Gasteiger partial charge is 0.460 e. The predicted molar refractivity (Wildman–Crippen MR) is 121 cm³/mol. The van der Waals surface area contributed by atoms with E-state index in [1.54, 1.807) is 0 Å². The molecule has 0 spiro atoms. The van der Waals surface area contributed by atoms with Gasteiger partial charge in [-0.05, 0) is 51.2 Å². The molecule has 1 aliphatic heterocycles. The minimum Gasteiger partial charge on any atom is -0.460 e. The molecule has 3 atom stereocenters. The van der Waals surface area contributed by atoms with E-state index in [1.807, 2.05) is 93.6 Å². The molecule has 1 amide bonds.